The Bertz CT molecular complexity index is 335. The van der Waals surface area contributed by atoms with E-state index in [-0.39, 0.29) is 0 Å². The van der Waals surface area contributed by atoms with Gasteiger partial charge in [-0.15, -0.1) is 0 Å². The molecule has 0 aliphatic rings. The summed E-state index contributed by atoms with van der Waals surface area (Å²) in [7, 11) is 0. The summed E-state index contributed by atoms with van der Waals surface area (Å²) in [5, 5.41) is 0. The highest BCUT2D eigenvalue weighted by atomic mass is 79.9. The fraction of sp³-hybridized carbons (Fsp3) is 0.300. The maximum absolute atomic E-state index is 9.74. The second-order valence-electron chi connectivity index (χ2n) is 2.63. The molecule has 0 atom stereocenters. The molecule has 0 spiro atoms. The van der Waals surface area contributed by atoms with Crippen molar-refractivity contribution in [1.29, 1.82) is 0 Å². The molecule has 4 heteroatoms. The number of carbonyl (C=O) groups excluding carboxylic acids is 1. The molecule has 1 rings (SSSR count). The average molecular weight is 256 g/mol. The smallest absolute Gasteiger partial charge is 0.234 e. The Hall–Kier alpha value is -1.12. The number of aliphatic imine (C=N–C) groups is 1. The maximum Gasteiger partial charge on any atom is 0.234 e. The van der Waals surface area contributed by atoms with Crippen LogP contribution < -0.4 is 4.74 Å². The highest BCUT2D eigenvalue weighted by molar-refractivity contribution is 9.10. The van der Waals surface area contributed by atoms with Crippen LogP contribution in [0.3, 0.4) is 0 Å². The Morgan fingerprint density at radius 2 is 2.36 bits per heavy atom. The van der Waals surface area contributed by atoms with Crippen LogP contribution in [0.4, 0.5) is 0 Å². The molecule has 1 aromatic rings. The lowest BCUT2D eigenvalue weighted by atomic mass is 10.3. The molecule has 0 aromatic heterocycles. The van der Waals surface area contributed by atoms with Gasteiger partial charge in [0.05, 0.1) is 13.2 Å². The molecular formula is C10H10BrNO2. The molecule has 0 saturated carbocycles. The molecule has 0 N–H and O–H groups in total. The fourth-order valence-corrected chi connectivity index (χ4v) is 1.31. The molecule has 0 bridgehead atoms. The van der Waals surface area contributed by atoms with Crippen molar-refractivity contribution < 1.29 is 9.53 Å². The Balaban J connectivity index is 2.27. The van der Waals surface area contributed by atoms with Gasteiger partial charge in [0, 0.05) is 10.9 Å². The molecule has 0 amide bonds. The zero-order chi connectivity index (χ0) is 10.2. The summed E-state index contributed by atoms with van der Waals surface area (Å²) in [4.78, 5) is 13.2. The number of rotatable bonds is 5. The van der Waals surface area contributed by atoms with E-state index < -0.39 is 0 Å². The first-order valence-electron chi connectivity index (χ1n) is 4.25. The van der Waals surface area contributed by atoms with Crippen LogP contribution in [0.2, 0.25) is 0 Å². The lowest BCUT2D eigenvalue weighted by Crippen LogP contribution is -1.98. The van der Waals surface area contributed by atoms with Crippen LogP contribution >= 0.6 is 15.9 Å². The summed E-state index contributed by atoms with van der Waals surface area (Å²) >= 11 is 3.35. The van der Waals surface area contributed by atoms with E-state index in [4.69, 9.17) is 4.74 Å². The van der Waals surface area contributed by atoms with Crippen molar-refractivity contribution in [2.75, 3.05) is 13.2 Å². The third-order valence-electron chi connectivity index (χ3n) is 1.54. The molecule has 74 valence electrons. The molecule has 0 fully saturated rings. The summed E-state index contributed by atoms with van der Waals surface area (Å²) in [6.45, 7) is 1.03. The van der Waals surface area contributed by atoms with Gasteiger partial charge in [-0.2, -0.15) is 0 Å². The first-order valence-corrected chi connectivity index (χ1v) is 5.04. The molecule has 0 aliphatic carbocycles. The third kappa shape index (κ3) is 4.21. The summed E-state index contributed by atoms with van der Waals surface area (Å²) in [6, 6.07) is 7.61. The van der Waals surface area contributed by atoms with Gasteiger partial charge in [-0.3, -0.25) is 0 Å². The predicted octanol–water partition coefficient (Wildman–Crippen LogP) is 2.55. The lowest BCUT2D eigenvalue weighted by molar-refractivity contribution is 0.313. The number of benzene rings is 1. The highest BCUT2D eigenvalue weighted by Gasteiger charge is 1.93. The fourth-order valence-electron chi connectivity index (χ4n) is 0.936. The van der Waals surface area contributed by atoms with Crippen molar-refractivity contribution in [2.24, 2.45) is 4.99 Å². The molecule has 1 aromatic carbocycles. The van der Waals surface area contributed by atoms with Crippen LogP contribution in [0.1, 0.15) is 6.42 Å². The number of nitrogens with zero attached hydrogens (tertiary/aromatic N) is 1. The van der Waals surface area contributed by atoms with Gasteiger partial charge >= 0.3 is 0 Å². The van der Waals surface area contributed by atoms with Crippen LogP contribution in [0.5, 0.6) is 5.75 Å². The molecule has 0 heterocycles. The van der Waals surface area contributed by atoms with Gasteiger partial charge in [0.15, 0.2) is 0 Å². The summed E-state index contributed by atoms with van der Waals surface area (Å²) in [6.07, 6.45) is 2.21. The van der Waals surface area contributed by atoms with Gasteiger partial charge in [-0.1, -0.05) is 22.0 Å². The minimum absolute atomic E-state index is 0.470. The van der Waals surface area contributed by atoms with Crippen molar-refractivity contribution in [1.82, 2.24) is 0 Å². The van der Waals surface area contributed by atoms with Gasteiger partial charge in [0.2, 0.25) is 6.08 Å². The quantitative estimate of drug-likeness (QED) is 0.461. The van der Waals surface area contributed by atoms with E-state index in [1.165, 1.54) is 6.08 Å². The Kier molecular flexibility index (Phi) is 4.97. The van der Waals surface area contributed by atoms with Crippen molar-refractivity contribution in [3.8, 4) is 5.75 Å². The van der Waals surface area contributed by atoms with Gasteiger partial charge in [0.25, 0.3) is 0 Å². The lowest BCUT2D eigenvalue weighted by Gasteiger charge is -2.04. The first-order chi connectivity index (χ1) is 6.83. The van der Waals surface area contributed by atoms with E-state index in [0.717, 1.165) is 16.6 Å². The largest absolute Gasteiger partial charge is 0.493 e. The van der Waals surface area contributed by atoms with Crippen LogP contribution in [0.25, 0.3) is 0 Å². The first kappa shape index (κ1) is 11.0. The number of ether oxygens (including phenoxy) is 1. The predicted molar refractivity (Wildman–Crippen MR) is 57.2 cm³/mol. The SMILES string of the molecule is O=C=NCCCOc1cccc(Br)c1. The minimum atomic E-state index is 0.470. The van der Waals surface area contributed by atoms with Crippen LogP contribution in [-0.2, 0) is 4.79 Å². The maximum atomic E-state index is 9.74. The van der Waals surface area contributed by atoms with Crippen molar-refractivity contribution in [3.05, 3.63) is 28.7 Å². The van der Waals surface area contributed by atoms with Crippen molar-refractivity contribution >= 4 is 22.0 Å². The zero-order valence-corrected chi connectivity index (χ0v) is 9.16. The van der Waals surface area contributed by atoms with E-state index in [0.29, 0.717) is 13.2 Å². The van der Waals surface area contributed by atoms with E-state index in [2.05, 4.69) is 20.9 Å². The monoisotopic (exact) mass is 255 g/mol. The molecule has 14 heavy (non-hydrogen) atoms. The highest BCUT2D eigenvalue weighted by Crippen LogP contribution is 2.17. The van der Waals surface area contributed by atoms with Gasteiger partial charge in [0.1, 0.15) is 5.75 Å². The molecule has 0 unspecified atom stereocenters. The van der Waals surface area contributed by atoms with Gasteiger partial charge in [-0.25, -0.2) is 9.79 Å². The number of hydrogen-bond donors (Lipinski definition) is 0. The summed E-state index contributed by atoms with van der Waals surface area (Å²) in [5.74, 6) is 0.814. The molecular weight excluding hydrogens is 246 g/mol. The zero-order valence-electron chi connectivity index (χ0n) is 7.57. The molecule has 0 radical (unpaired) electrons. The number of halogens is 1. The van der Waals surface area contributed by atoms with Crippen LogP contribution in [0.15, 0.2) is 33.7 Å². The summed E-state index contributed by atoms with van der Waals surface area (Å²) in [5.41, 5.74) is 0. The second-order valence-corrected chi connectivity index (χ2v) is 3.55. The van der Waals surface area contributed by atoms with Crippen LogP contribution in [0, 0.1) is 0 Å². The molecule has 0 saturated heterocycles. The number of hydrogen-bond acceptors (Lipinski definition) is 3. The summed E-state index contributed by atoms with van der Waals surface area (Å²) < 4.78 is 6.40. The minimum Gasteiger partial charge on any atom is -0.493 e. The Morgan fingerprint density at radius 1 is 1.50 bits per heavy atom. The van der Waals surface area contributed by atoms with Gasteiger partial charge < -0.3 is 4.74 Å². The standard InChI is InChI=1S/C10H10BrNO2/c11-9-3-1-4-10(7-9)14-6-2-5-12-8-13/h1,3-4,7H,2,5-6H2. The molecule has 3 nitrogen and oxygen atoms in total. The molecule has 0 aliphatic heterocycles. The number of isocyanates is 1. The van der Waals surface area contributed by atoms with E-state index in [1.807, 2.05) is 24.3 Å². The van der Waals surface area contributed by atoms with Gasteiger partial charge in [-0.05, 0) is 18.2 Å². The van der Waals surface area contributed by atoms with Crippen molar-refractivity contribution in [3.63, 3.8) is 0 Å². The third-order valence-corrected chi connectivity index (χ3v) is 2.04. The normalized spacial score (nSPS) is 9.21. The van der Waals surface area contributed by atoms with E-state index in [9.17, 15) is 4.79 Å². The topological polar surface area (TPSA) is 38.7 Å². The van der Waals surface area contributed by atoms with E-state index in [1.54, 1.807) is 0 Å². The Labute approximate surface area is 90.9 Å². The average Bonchev–Trinajstić information content (AvgIpc) is 2.18. The van der Waals surface area contributed by atoms with E-state index >= 15 is 0 Å². The van der Waals surface area contributed by atoms with Crippen molar-refractivity contribution in [2.45, 2.75) is 6.42 Å². The second kappa shape index (κ2) is 6.35. The van der Waals surface area contributed by atoms with Crippen LogP contribution in [-0.4, -0.2) is 19.2 Å². The Morgan fingerprint density at radius 3 is 3.07 bits per heavy atom.